The maximum atomic E-state index is 9.57. The topological polar surface area (TPSA) is 49.5 Å². The van der Waals surface area contributed by atoms with E-state index in [9.17, 15) is 5.11 Å². The van der Waals surface area contributed by atoms with Gasteiger partial charge in [0.05, 0.1) is 6.10 Å². The largest absolute Gasteiger partial charge is 0.390 e. The van der Waals surface area contributed by atoms with Crippen molar-refractivity contribution in [3.8, 4) is 0 Å². The van der Waals surface area contributed by atoms with Crippen LogP contribution in [0.3, 0.4) is 0 Å². The SMILES string of the molecule is NCC(O)CN(Cc1cccs1)C1CC1. The molecule has 84 valence electrons. The maximum Gasteiger partial charge on any atom is 0.0789 e. The monoisotopic (exact) mass is 226 g/mol. The van der Waals surface area contributed by atoms with Crippen molar-refractivity contribution in [2.75, 3.05) is 13.1 Å². The zero-order valence-electron chi connectivity index (χ0n) is 8.80. The van der Waals surface area contributed by atoms with Gasteiger partial charge in [-0.2, -0.15) is 0 Å². The Morgan fingerprint density at radius 3 is 2.93 bits per heavy atom. The minimum absolute atomic E-state index is 0.355. The molecule has 1 fully saturated rings. The lowest BCUT2D eigenvalue weighted by Crippen LogP contribution is -2.37. The van der Waals surface area contributed by atoms with Crippen molar-refractivity contribution < 1.29 is 5.11 Å². The molecule has 1 atom stereocenters. The third kappa shape index (κ3) is 3.28. The Bertz CT molecular complexity index is 285. The molecule has 0 bridgehead atoms. The number of nitrogens with zero attached hydrogens (tertiary/aromatic N) is 1. The van der Waals surface area contributed by atoms with Gasteiger partial charge < -0.3 is 10.8 Å². The third-order valence-electron chi connectivity index (χ3n) is 2.72. The molecule has 1 heterocycles. The van der Waals surface area contributed by atoms with Gasteiger partial charge in [0.25, 0.3) is 0 Å². The summed E-state index contributed by atoms with van der Waals surface area (Å²) in [7, 11) is 0. The van der Waals surface area contributed by atoms with Gasteiger partial charge in [-0.1, -0.05) is 6.07 Å². The van der Waals surface area contributed by atoms with E-state index in [0.717, 1.165) is 6.54 Å². The summed E-state index contributed by atoms with van der Waals surface area (Å²) in [6.07, 6.45) is 2.15. The maximum absolute atomic E-state index is 9.57. The molecule has 1 aromatic heterocycles. The Morgan fingerprint density at radius 2 is 2.40 bits per heavy atom. The number of aliphatic hydroxyl groups is 1. The summed E-state index contributed by atoms with van der Waals surface area (Å²) in [4.78, 5) is 3.72. The Morgan fingerprint density at radius 1 is 1.60 bits per heavy atom. The molecule has 0 aromatic carbocycles. The molecule has 3 N–H and O–H groups in total. The highest BCUT2D eigenvalue weighted by molar-refractivity contribution is 7.09. The van der Waals surface area contributed by atoms with Gasteiger partial charge in [0.2, 0.25) is 0 Å². The molecule has 3 nitrogen and oxygen atoms in total. The van der Waals surface area contributed by atoms with Crippen LogP contribution in [0.2, 0.25) is 0 Å². The number of aliphatic hydroxyl groups excluding tert-OH is 1. The summed E-state index contributed by atoms with van der Waals surface area (Å²) in [6, 6.07) is 4.90. The molecule has 1 aliphatic carbocycles. The van der Waals surface area contributed by atoms with Crippen LogP contribution in [0, 0.1) is 0 Å². The predicted octanol–water partition coefficient (Wildman–Crippen LogP) is 1.03. The molecule has 0 radical (unpaired) electrons. The summed E-state index contributed by atoms with van der Waals surface area (Å²) < 4.78 is 0. The first-order chi connectivity index (χ1) is 7.29. The van der Waals surface area contributed by atoms with Gasteiger partial charge in [0.15, 0.2) is 0 Å². The minimum Gasteiger partial charge on any atom is -0.390 e. The highest BCUT2D eigenvalue weighted by Gasteiger charge is 2.30. The number of thiophene rings is 1. The first-order valence-electron chi connectivity index (χ1n) is 5.44. The summed E-state index contributed by atoms with van der Waals surface area (Å²) >= 11 is 1.78. The van der Waals surface area contributed by atoms with Gasteiger partial charge in [0.1, 0.15) is 0 Å². The molecule has 2 rings (SSSR count). The van der Waals surface area contributed by atoms with Crippen LogP contribution in [0.1, 0.15) is 17.7 Å². The van der Waals surface area contributed by atoms with Crippen LogP contribution in [0.25, 0.3) is 0 Å². The molecule has 0 amide bonds. The van der Waals surface area contributed by atoms with Crippen molar-refractivity contribution in [2.45, 2.75) is 31.5 Å². The summed E-state index contributed by atoms with van der Waals surface area (Å²) in [5.74, 6) is 0. The quantitative estimate of drug-likeness (QED) is 0.762. The van der Waals surface area contributed by atoms with Crippen molar-refractivity contribution in [3.05, 3.63) is 22.4 Å². The fourth-order valence-corrected chi connectivity index (χ4v) is 2.46. The molecule has 1 aliphatic rings. The van der Waals surface area contributed by atoms with E-state index in [4.69, 9.17) is 5.73 Å². The first-order valence-corrected chi connectivity index (χ1v) is 6.32. The normalized spacial score (nSPS) is 18.3. The van der Waals surface area contributed by atoms with E-state index < -0.39 is 0 Å². The molecule has 0 aliphatic heterocycles. The summed E-state index contributed by atoms with van der Waals surface area (Å²) in [6.45, 7) is 2.02. The lowest BCUT2D eigenvalue weighted by Gasteiger charge is -2.23. The molecule has 1 aromatic rings. The van der Waals surface area contributed by atoms with Crippen LogP contribution in [0.15, 0.2) is 17.5 Å². The minimum atomic E-state index is -0.384. The fraction of sp³-hybridized carbons (Fsp3) is 0.636. The summed E-state index contributed by atoms with van der Waals surface area (Å²) in [5.41, 5.74) is 5.44. The third-order valence-corrected chi connectivity index (χ3v) is 3.58. The lowest BCUT2D eigenvalue weighted by atomic mass is 10.3. The molecule has 4 heteroatoms. The van der Waals surface area contributed by atoms with E-state index in [1.807, 2.05) is 0 Å². The predicted molar refractivity (Wildman–Crippen MR) is 62.8 cm³/mol. The molecule has 15 heavy (non-hydrogen) atoms. The second-order valence-corrected chi connectivity index (χ2v) is 5.16. The highest BCUT2D eigenvalue weighted by atomic mass is 32.1. The van der Waals surface area contributed by atoms with E-state index in [1.54, 1.807) is 11.3 Å². The zero-order valence-corrected chi connectivity index (χ0v) is 9.62. The van der Waals surface area contributed by atoms with E-state index in [-0.39, 0.29) is 6.10 Å². The fourth-order valence-electron chi connectivity index (χ4n) is 1.73. The second kappa shape index (κ2) is 5.07. The standard InChI is InChI=1S/C11H18N2OS/c12-6-10(14)7-13(9-3-4-9)8-11-2-1-5-15-11/h1-2,5,9-10,14H,3-4,6-8,12H2. The molecule has 1 unspecified atom stereocenters. The number of rotatable bonds is 6. The van der Waals surface area contributed by atoms with Crippen molar-refractivity contribution in [1.29, 1.82) is 0 Å². The average Bonchev–Trinajstić information content (AvgIpc) is 2.97. The van der Waals surface area contributed by atoms with Crippen molar-refractivity contribution in [3.63, 3.8) is 0 Å². The second-order valence-electron chi connectivity index (χ2n) is 4.13. The number of hydrogen-bond donors (Lipinski definition) is 2. The van der Waals surface area contributed by atoms with Gasteiger partial charge in [-0.25, -0.2) is 0 Å². The van der Waals surface area contributed by atoms with Gasteiger partial charge in [-0.15, -0.1) is 11.3 Å². The van der Waals surface area contributed by atoms with E-state index in [2.05, 4.69) is 22.4 Å². The van der Waals surface area contributed by atoms with Crippen LogP contribution in [-0.2, 0) is 6.54 Å². The zero-order chi connectivity index (χ0) is 10.7. The molecule has 0 saturated heterocycles. The smallest absolute Gasteiger partial charge is 0.0789 e. The van der Waals surface area contributed by atoms with Gasteiger partial charge in [0, 0.05) is 30.6 Å². The van der Waals surface area contributed by atoms with Gasteiger partial charge >= 0.3 is 0 Å². The Balaban J connectivity index is 1.88. The Labute approximate surface area is 94.5 Å². The number of hydrogen-bond acceptors (Lipinski definition) is 4. The van der Waals surface area contributed by atoms with Gasteiger partial charge in [-0.05, 0) is 24.3 Å². The van der Waals surface area contributed by atoms with E-state index in [0.29, 0.717) is 19.1 Å². The van der Waals surface area contributed by atoms with E-state index in [1.165, 1.54) is 17.7 Å². The first kappa shape index (κ1) is 11.1. The van der Waals surface area contributed by atoms with Crippen LogP contribution in [-0.4, -0.2) is 35.2 Å². The van der Waals surface area contributed by atoms with Crippen LogP contribution in [0.5, 0.6) is 0 Å². The Hall–Kier alpha value is -0.420. The average molecular weight is 226 g/mol. The van der Waals surface area contributed by atoms with Crippen molar-refractivity contribution in [1.82, 2.24) is 4.90 Å². The van der Waals surface area contributed by atoms with Crippen LogP contribution < -0.4 is 5.73 Å². The van der Waals surface area contributed by atoms with Crippen LogP contribution >= 0.6 is 11.3 Å². The van der Waals surface area contributed by atoms with E-state index >= 15 is 0 Å². The molecular formula is C11H18N2OS. The molecular weight excluding hydrogens is 208 g/mol. The Kier molecular flexibility index (Phi) is 3.75. The lowest BCUT2D eigenvalue weighted by molar-refractivity contribution is 0.110. The van der Waals surface area contributed by atoms with Gasteiger partial charge in [-0.3, -0.25) is 4.90 Å². The van der Waals surface area contributed by atoms with Crippen molar-refractivity contribution in [2.24, 2.45) is 5.73 Å². The molecule has 0 spiro atoms. The van der Waals surface area contributed by atoms with Crippen molar-refractivity contribution >= 4 is 11.3 Å². The molecule has 1 saturated carbocycles. The highest BCUT2D eigenvalue weighted by Crippen LogP contribution is 2.29. The number of nitrogens with two attached hydrogens (primary N) is 1. The van der Waals surface area contributed by atoms with Crippen LogP contribution in [0.4, 0.5) is 0 Å². The summed E-state index contributed by atoms with van der Waals surface area (Å²) in [5, 5.41) is 11.7.